The number of para-hydroxylation sites is 1. The van der Waals surface area contributed by atoms with Crippen LogP contribution in [0.5, 0.6) is 11.5 Å². The molecule has 1 saturated heterocycles. The number of hydrogen-bond donors (Lipinski definition) is 2. The number of nitrogens with one attached hydrogen (secondary N) is 2. The first kappa shape index (κ1) is 17.4. The van der Waals surface area contributed by atoms with Crippen LogP contribution in [-0.2, 0) is 9.53 Å². The molecule has 24 heavy (non-hydrogen) atoms. The fourth-order valence-electron chi connectivity index (χ4n) is 2.61. The van der Waals surface area contributed by atoms with E-state index in [1.54, 1.807) is 18.2 Å². The summed E-state index contributed by atoms with van der Waals surface area (Å²) in [5.41, 5.74) is 0.844. The van der Waals surface area contributed by atoms with Crippen LogP contribution in [0.3, 0.4) is 0 Å². The molecule has 1 aromatic rings. The Hall–Kier alpha value is -2.96. The fourth-order valence-corrected chi connectivity index (χ4v) is 2.61. The first-order chi connectivity index (χ1) is 11.5. The number of carbonyl (C=O) groups excluding carboxylic acids is 2. The minimum absolute atomic E-state index is 0.0680. The van der Waals surface area contributed by atoms with Crippen molar-refractivity contribution < 1.29 is 23.8 Å². The average Bonchev–Trinajstić information content (AvgIpc) is 2.58. The Morgan fingerprint density at radius 1 is 1.33 bits per heavy atom. The third-order valence-electron chi connectivity index (χ3n) is 3.64. The highest BCUT2D eigenvalue weighted by Crippen LogP contribution is 2.40. The minimum Gasteiger partial charge on any atom is -0.493 e. The van der Waals surface area contributed by atoms with Crippen molar-refractivity contribution >= 4 is 12.0 Å². The molecule has 128 valence electrons. The van der Waals surface area contributed by atoms with Crippen molar-refractivity contribution in [2.45, 2.75) is 6.04 Å². The molecule has 1 fully saturated rings. The maximum atomic E-state index is 12.4. The predicted octanol–water partition coefficient (Wildman–Crippen LogP) is 1.92. The summed E-state index contributed by atoms with van der Waals surface area (Å²) in [5, 5.41) is 5.23. The Morgan fingerprint density at radius 2 is 2.08 bits per heavy atom. The zero-order valence-electron chi connectivity index (χ0n) is 13.6. The molecule has 0 saturated carbocycles. The third-order valence-corrected chi connectivity index (χ3v) is 3.64. The van der Waals surface area contributed by atoms with E-state index in [1.165, 1.54) is 20.3 Å². The molecule has 0 radical (unpaired) electrons. The van der Waals surface area contributed by atoms with Gasteiger partial charge in [-0.3, -0.25) is 4.79 Å². The highest BCUT2D eigenvalue weighted by molar-refractivity contribution is 5.85. The molecule has 2 rings (SSSR count). The molecule has 2 N–H and O–H groups in total. The summed E-state index contributed by atoms with van der Waals surface area (Å²) in [4.78, 5) is 24.3. The van der Waals surface area contributed by atoms with Crippen molar-refractivity contribution in [3.8, 4) is 11.5 Å². The van der Waals surface area contributed by atoms with Gasteiger partial charge in [-0.1, -0.05) is 31.4 Å². The Morgan fingerprint density at radius 3 is 2.71 bits per heavy atom. The maximum absolute atomic E-state index is 12.4. The number of benzene rings is 1. The molecule has 7 heteroatoms. The van der Waals surface area contributed by atoms with Gasteiger partial charge in [-0.2, -0.15) is 0 Å². The lowest BCUT2D eigenvalue weighted by atomic mass is 9.88. The molecule has 0 spiro atoms. The number of carbonyl (C=O) groups is 2. The second-order valence-electron chi connectivity index (χ2n) is 5.08. The maximum Gasteiger partial charge on any atom is 0.319 e. The summed E-state index contributed by atoms with van der Waals surface area (Å²) in [6, 6.07) is 4.07. The lowest BCUT2D eigenvalue weighted by molar-refractivity contribution is -0.147. The molecule has 2 atom stereocenters. The highest BCUT2D eigenvalue weighted by Gasteiger charge is 2.40. The molecular weight excluding hydrogens is 312 g/mol. The molecule has 7 nitrogen and oxygen atoms in total. The topological polar surface area (TPSA) is 85.9 Å². The monoisotopic (exact) mass is 332 g/mol. The molecule has 1 heterocycles. The minimum atomic E-state index is -0.816. The van der Waals surface area contributed by atoms with E-state index in [1.807, 2.05) is 0 Å². The van der Waals surface area contributed by atoms with Crippen LogP contribution in [0.15, 0.2) is 43.1 Å². The molecule has 0 aliphatic carbocycles. The van der Waals surface area contributed by atoms with Crippen LogP contribution in [-0.4, -0.2) is 32.8 Å². The van der Waals surface area contributed by atoms with E-state index in [0.717, 1.165) is 0 Å². The molecule has 1 aliphatic heterocycles. The molecule has 1 aromatic carbocycles. The molecule has 2 amide bonds. The van der Waals surface area contributed by atoms with Gasteiger partial charge in [-0.25, -0.2) is 4.79 Å². The highest BCUT2D eigenvalue weighted by atomic mass is 16.5. The second-order valence-corrected chi connectivity index (χ2v) is 5.08. The van der Waals surface area contributed by atoms with Crippen LogP contribution < -0.4 is 20.1 Å². The molecule has 1 aliphatic rings. The van der Waals surface area contributed by atoms with Crippen molar-refractivity contribution in [2.75, 3.05) is 20.8 Å². The van der Waals surface area contributed by atoms with E-state index in [2.05, 4.69) is 23.8 Å². The van der Waals surface area contributed by atoms with E-state index < -0.39 is 24.0 Å². The summed E-state index contributed by atoms with van der Waals surface area (Å²) in [6.07, 6.45) is 1.47. The van der Waals surface area contributed by atoms with Gasteiger partial charge in [0.25, 0.3) is 0 Å². The standard InChI is InChI=1S/C17H20N2O5/c1-5-9-24-16(20)13-10(2)18-17(21)19-14(13)11-7-6-8-12(22-3)15(11)23-4/h5-8,13-14H,1-2,9H2,3-4H3,(H2,18,19,21)/t13-,14+/m0/s1. The first-order valence-corrected chi connectivity index (χ1v) is 7.28. The van der Waals surface area contributed by atoms with Gasteiger partial charge in [0.1, 0.15) is 12.5 Å². The van der Waals surface area contributed by atoms with E-state index in [0.29, 0.717) is 17.1 Å². The van der Waals surface area contributed by atoms with E-state index >= 15 is 0 Å². The third kappa shape index (κ3) is 3.34. The van der Waals surface area contributed by atoms with Gasteiger partial charge < -0.3 is 24.8 Å². The van der Waals surface area contributed by atoms with Gasteiger partial charge in [0.2, 0.25) is 0 Å². The van der Waals surface area contributed by atoms with Crippen molar-refractivity contribution in [3.63, 3.8) is 0 Å². The number of methoxy groups -OCH3 is 2. The summed E-state index contributed by atoms with van der Waals surface area (Å²) < 4.78 is 15.8. The van der Waals surface area contributed by atoms with Crippen molar-refractivity contribution in [1.29, 1.82) is 0 Å². The molecule has 0 aromatic heterocycles. The van der Waals surface area contributed by atoms with Gasteiger partial charge in [0.05, 0.1) is 20.3 Å². The summed E-state index contributed by atoms with van der Waals surface area (Å²) in [6.45, 7) is 7.36. The molecular formula is C17H20N2O5. The number of amides is 2. The van der Waals surface area contributed by atoms with E-state index in [-0.39, 0.29) is 12.3 Å². The van der Waals surface area contributed by atoms with Crippen LogP contribution in [0.2, 0.25) is 0 Å². The van der Waals surface area contributed by atoms with Gasteiger partial charge in [-0.05, 0) is 6.07 Å². The first-order valence-electron chi connectivity index (χ1n) is 7.28. The Kier molecular flexibility index (Phi) is 5.47. The number of urea groups is 1. The summed E-state index contributed by atoms with van der Waals surface area (Å²) in [7, 11) is 3.00. The number of rotatable bonds is 6. The van der Waals surface area contributed by atoms with Crippen LogP contribution in [0.25, 0.3) is 0 Å². The van der Waals surface area contributed by atoms with Crippen LogP contribution in [0.4, 0.5) is 4.79 Å². The molecule has 0 unspecified atom stereocenters. The quantitative estimate of drug-likeness (QED) is 0.614. The van der Waals surface area contributed by atoms with Gasteiger partial charge in [-0.15, -0.1) is 0 Å². The van der Waals surface area contributed by atoms with Crippen LogP contribution in [0, 0.1) is 5.92 Å². The number of esters is 1. The van der Waals surface area contributed by atoms with Crippen LogP contribution >= 0.6 is 0 Å². The summed E-state index contributed by atoms with van der Waals surface area (Å²) >= 11 is 0. The second kappa shape index (κ2) is 7.54. The van der Waals surface area contributed by atoms with Gasteiger partial charge >= 0.3 is 12.0 Å². The van der Waals surface area contributed by atoms with Crippen LogP contribution in [0.1, 0.15) is 11.6 Å². The van der Waals surface area contributed by atoms with E-state index in [4.69, 9.17) is 14.2 Å². The largest absolute Gasteiger partial charge is 0.493 e. The van der Waals surface area contributed by atoms with Gasteiger partial charge in [0.15, 0.2) is 11.5 Å². The lowest BCUT2D eigenvalue weighted by Gasteiger charge is -2.34. The molecule has 0 bridgehead atoms. The number of ether oxygens (including phenoxy) is 3. The Bertz CT molecular complexity index is 671. The summed E-state index contributed by atoms with van der Waals surface area (Å²) in [5.74, 6) is -0.418. The normalized spacial score (nSPS) is 19.8. The smallest absolute Gasteiger partial charge is 0.319 e. The number of hydrogen-bond acceptors (Lipinski definition) is 5. The fraction of sp³-hybridized carbons (Fsp3) is 0.294. The lowest BCUT2D eigenvalue weighted by Crippen LogP contribution is -2.51. The van der Waals surface area contributed by atoms with Crippen molar-refractivity contribution in [2.24, 2.45) is 5.92 Å². The zero-order chi connectivity index (χ0) is 17.7. The zero-order valence-corrected chi connectivity index (χ0v) is 13.6. The predicted molar refractivity (Wildman–Crippen MR) is 87.7 cm³/mol. The van der Waals surface area contributed by atoms with Gasteiger partial charge in [0, 0.05) is 11.3 Å². The SMILES string of the molecule is C=CCOC(=O)[C@H]1C(=C)NC(=O)N[C@@H]1c1cccc(OC)c1OC. The average molecular weight is 332 g/mol. The van der Waals surface area contributed by atoms with Crippen molar-refractivity contribution in [1.82, 2.24) is 10.6 Å². The van der Waals surface area contributed by atoms with E-state index in [9.17, 15) is 9.59 Å². The van der Waals surface area contributed by atoms with Crippen molar-refractivity contribution in [3.05, 3.63) is 48.7 Å². The Labute approximate surface area is 140 Å². The Balaban J connectivity index is 2.46.